The SMILES string of the molecule is COC(=O)c1ccc2c(c1)ncn2C.Cn1cnc2cc(C(=O)O)ccc21.Cn1cnc2cc(C=O)ccc21.Cn1cnc2cc(CO)ccc21.Cn1cnc2cc([C@@H](O)CC(=O)N3[C@@H]4CC5CC[C@]4(CS3(=O)=O)C5(C)C)ccc21.Cn1cnc2cc([C@H](CC(=O)N3[C@@H]4CC5CC[C@]4(CS3(=O)=O)C5(C)C)O[Si](C)(C)C(C)(C)C)ccc21.Cn1cnc2cc([C@H](CC=O)O[Si](C)(C)C(C)(C)C)ccc21. The summed E-state index contributed by atoms with van der Waals surface area (Å²) in [5.41, 5.74) is 16.9. The van der Waals surface area contributed by atoms with Crippen LogP contribution in [0.4, 0.5) is 0 Å². The van der Waals surface area contributed by atoms with Crippen molar-refractivity contribution >= 4 is 150 Å². The monoisotopic (exact) mass is 1950 g/mol. The summed E-state index contributed by atoms with van der Waals surface area (Å²) in [6, 6.07) is 38.4. The number of fused-ring (bicyclic) bond motifs is 9. The standard InChI is InChI=1S/C27H41N3O4SSi.C21H27N3O4S.C17H26N2O2Si.C10H10N2O2.C9H8N2O2.C9H10N2O.C9H8N2O/c1-25(2,3)36(7,8)34-22(18-9-10-21-20(13-18)28-17-29(21)6)15-24(31)30-23-14-19-11-12-27(23,26(19,4)5)16-35(30,32)33;1-20(2)14-6-7-21(20)11-29(27,28)24(18(21)9-14)19(26)10-17(25)13-4-5-16-15(8-13)22-12-23(16)3;1-17(2,3)22(5,6)21-16(9-10-20)13-7-8-15-14(11-13)18-12-19(15)4;1-12-6-11-8-5-7(10(13)14-2)3-4-9(8)12;1-11-5-10-7-4-6(9(12)13)2-3-8(7)11;2*1-11-6-10-8-4-7(5-12)2-3-9(8)11/h9-10,13,17,19,22-23H,11-12,14-16H2,1-8H3;4-5,8,12,14,17-18,25H,6-7,9-11H2,1-3H3;7-8,10-12,16H,9H2,1-6H3;3-6H,1-2H3;2-5H,1H3,(H,12,13);2-4,6,12H,5H2,1H3;2-6H,1H3/t19?,22-,23+,27+;14?,17-,18+,21+;16-;;;;/m000..../s1. The van der Waals surface area contributed by atoms with Crippen molar-refractivity contribution in [2.24, 2.45) is 82.8 Å². The largest absolute Gasteiger partial charge is 0.478 e. The minimum absolute atomic E-state index is 0.0156. The molecule has 0 radical (unpaired) electrons. The van der Waals surface area contributed by atoms with Gasteiger partial charge < -0.3 is 65.7 Å². The number of carboxylic acid groups (broad SMARTS) is 1. The Balaban J connectivity index is 0.000000134. The molecule has 4 bridgehead atoms. The Kier molecular flexibility index (Phi) is 28.7. The van der Waals surface area contributed by atoms with E-state index in [1.807, 2.05) is 154 Å². The number of ether oxygens (including phenoxy) is 1. The maximum Gasteiger partial charge on any atom is 0.337 e. The van der Waals surface area contributed by atoms with Crippen molar-refractivity contribution in [3.63, 3.8) is 0 Å². The number of aliphatic hydroxyl groups is 2. The Morgan fingerprint density at radius 1 is 0.464 bits per heavy atom. The molecule has 6 fully saturated rings. The molecule has 138 heavy (non-hydrogen) atoms. The molecule has 6 aliphatic rings. The lowest BCUT2D eigenvalue weighted by molar-refractivity contribution is -0.132. The average molecular weight is 1960 g/mol. The number of aromatic carboxylic acids is 1. The number of amides is 2. The Morgan fingerprint density at radius 2 is 0.797 bits per heavy atom. The van der Waals surface area contributed by atoms with Crippen LogP contribution in [0.15, 0.2) is 172 Å². The Bertz CT molecular complexity index is 7220. The van der Waals surface area contributed by atoms with E-state index in [4.69, 9.17) is 19.1 Å². The summed E-state index contributed by atoms with van der Waals surface area (Å²) in [5.74, 6) is -1.02. The van der Waals surface area contributed by atoms with Gasteiger partial charge in [0.15, 0.2) is 16.6 Å². The smallest absolute Gasteiger partial charge is 0.337 e. The average Bonchev–Trinajstić information content (AvgIpc) is 1.51. The van der Waals surface area contributed by atoms with Crippen LogP contribution < -0.4 is 0 Å². The van der Waals surface area contributed by atoms with E-state index in [0.717, 1.165) is 144 Å². The van der Waals surface area contributed by atoms with Crippen LogP contribution in [0.3, 0.4) is 0 Å². The highest BCUT2D eigenvalue weighted by Crippen LogP contribution is 2.71. The number of rotatable bonds is 17. The van der Waals surface area contributed by atoms with Gasteiger partial charge >= 0.3 is 11.9 Å². The summed E-state index contributed by atoms with van der Waals surface area (Å²) in [6.45, 7) is 30.7. The minimum Gasteiger partial charge on any atom is -0.478 e. The van der Waals surface area contributed by atoms with E-state index in [2.05, 4.69) is 135 Å². The molecule has 36 heteroatoms. The molecule has 9 heterocycles. The normalized spacial score (nSPS) is 20.8. The van der Waals surface area contributed by atoms with Crippen LogP contribution in [0.2, 0.25) is 36.3 Å². The van der Waals surface area contributed by atoms with Crippen molar-refractivity contribution in [1.82, 2.24) is 75.5 Å². The number of aldehydes is 2. The first-order valence-electron chi connectivity index (χ1n) is 46.6. The van der Waals surface area contributed by atoms with Crippen molar-refractivity contribution in [3.8, 4) is 0 Å². The van der Waals surface area contributed by atoms with Gasteiger partial charge in [-0.1, -0.05) is 93.5 Å². The Morgan fingerprint density at radius 3 is 1.17 bits per heavy atom. The Hall–Kier alpha value is -11.8. The first-order valence-corrected chi connectivity index (χ1v) is 55.6. The molecule has 2 unspecified atom stereocenters. The molecule has 7 aromatic heterocycles. The van der Waals surface area contributed by atoms with E-state index in [0.29, 0.717) is 40.5 Å². The lowest BCUT2D eigenvalue weighted by Gasteiger charge is -2.40. The highest BCUT2D eigenvalue weighted by Gasteiger charge is 2.74. The van der Waals surface area contributed by atoms with Crippen LogP contribution >= 0.6 is 0 Å². The molecule has 2 spiro atoms. The number of carboxylic acids is 1. The van der Waals surface area contributed by atoms with Crippen molar-refractivity contribution in [3.05, 3.63) is 211 Å². The van der Waals surface area contributed by atoms with Crippen molar-refractivity contribution in [2.45, 2.75) is 200 Å². The van der Waals surface area contributed by atoms with E-state index >= 15 is 0 Å². The fourth-order valence-electron chi connectivity index (χ4n) is 20.7. The number of carbonyl (C=O) groups excluding carboxylic acids is 5. The van der Waals surface area contributed by atoms with E-state index in [1.165, 1.54) is 11.4 Å². The van der Waals surface area contributed by atoms with E-state index in [1.54, 1.807) is 98.9 Å². The number of esters is 1. The number of aromatic nitrogens is 14. The molecule has 3 N–H and O–H groups in total. The number of aryl methyl sites for hydroxylation is 7. The summed E-state index contributed by atoms with van der Waals surface area (Å²) in [6.07, 6.45) is 17.7. The van der Waals surface area contributed by atoms with E-state index in [9.17, 15) is 50.7 Å². The van der Waals surface area contributed by atoms with Crippen molar-refractivity contribution in [1.29, 1.82) is 0 Å². The molecule has 734 valence electrons. The van der Waals surface area contributed by atoms with Crippen molar-refractivity contribution in [2.75, 3.05) is 18.6 Å². The number of hydrogen-bond acceptors (Lipinski definition) is 22. The summed E-state index contributed by atoms with van der Waals surface area (Å²) in [7, 11) is 3.31. The van der Waals surface area contributed by atoms with E-state index in [-0.39, 0.29) is 98.3 Å². The van der Waals surface area contributed by atoms with Gasteiger partial charge in [-0.15, -0.1) is 0 Å². The van der Waals surface area contributed by atoms with Gasteiger partial charge in [-0.05, 0) is 223 Å². The number of hydrogen-bond donors (Lipinski definition) is 3. The predicted octanol–water partition coefficient (Wildman–Crippen LogP) is 17.1. The Labute approximate surface area is 807 Å². The zero-order chi connectivity index (χ0) is 100. The number of nitrogens with zero attached hydrogens (tertiary/aromatic N) is 16. The second kappa shape index (κ2) is 38.8. The van der Waals surface area contributed by atoms with Crippen LogP contribution in [0, 0.1) is 33.5 Å². The second-order valence-corrected chi connectivity index (χ2v) is 55.2. The van der Waals surface area contributed by atoms with Crippen LogP contribution in [0.25, 0.3) is 77.2 Å². The fraction of sp³-hybridized carbons (Fsp3) is 0.461. The third kappa shape index (κ3) is 19.7. The third-order valence-electron chi connectivity index (χ3n) is 31.2. The molecule has 20 rings (SSSR count). The lowest BCUT2D eigenvalue weighted by Crippen LogP contribution is -2.46. The first-order chi connectivity index (χ1) is 64.7. The number of sulfonamides is 2. The molecule has 4 saturated carbocycles. The van der Waals surface area contributed by atoms with Gasteiger partial charge in [0, 0.05) is 72.1 Å². The zero-order valence-corrected chi connectivity index (χ0v) is 86.6. The zero-order valence-electron chi connectivity index (χ0n) is 83.0. The molecule has 4 aliphatic carbocycles. The second-order valence-electron chi connectivity index (χ2n) is 42.0. The van der Waals surface area contributed by atoms with Crippen LogP contribution in [0.1, 0.15) is 199 Å². The first kappa shape index (κ1) is 102. The van der Waals surface area contributed by atoms with Gasteiger partial charge in [0.2, 0.25) is 31.9 Å². The van der Waals surface area contributed by atoms with Gasteiger partial charge in [-0.25, -0.2) is 69.9 Å². The van der Waals surface area contributed by atoms with Gasteiger partial charge in [0.05, 0.1) is 201 Å². The number of carbonyl (C=O) groups is 6. The summed E-state index contributed by atoms with van der Waals surface area (Å²) < 4.78 is 86.7. The minimum atomic E-state index is -3.67. The molecule has 32 nitrogen and oxygen atoms in total. The molecule has 14 aromatic rings. The molecular formula is C102H130N16O16S2Si2. The van der Waals surface area contributed by atoms with Gasteiger partial charge in [-0.3, -0.25) is 14.4 Å². The molecule has 9 atom stereocenters. The molecule has 2 saturated heterocycles. The van der Waals surface area contributed by atoms with Crippen LogP contribution in [-0.4, -0.2) is 191 Å². The van der Waals surface area contributed by atoms with Gasteiger partial charge in [0.25, 0.3) is 0 Å². The maximum atomic E-state index is 13.9. The fourth-order valence-corrected chi connectivity index (χ4v) is 28.4. The van der Waals surface area contributed by atoms with Crippen molar-refractivity contribution < 1.29 is 74.5 Å². The van der Waals surface area contributed by atoms with E-state index < -0.39 is 60.8 Å². The summed E-state index contributed by atoms with van der Waals surface area (Å²) in [4.78, 5) is 100. The molecule has 2 aliphatic heterocycles. The summed E-state index contributed by atoms with van der Waals surface area (Å²) >= 11 is 0. The maximum absolute atomic E-state index is 13.9. The van der Waals surface area contributed by atoms with Crippen LogP contribution in [-0.2, 0) is 104 Å². The highest BCUT2D eigenvalue weighted by molar-refractivity contribution is 7.90. The molecule has 7 aromatic carbocycles. The number of imidazole rings is 7. The molecular weight excluding hydrogens is 1830 g/mol. The lowest BCUT2D eigenvalue weighted by atomic mass is 9.69. The number of methoxy groups -OCH3 is 1. The molecule has 2 amide bonds. The number of aliphatic hydroxyl groups excluding tert-OH is 2. The van der Waals surface area contributed by atoms with Gasteiger partial charge in [-0.2, -0.15) is 0 Å². The number of benzene rings is 7. The topological polar surface area (TPSA) is 390 Å². The predicted molar refractivity (Wildman–Crippen MR) is 537 cm³/mol. The summed E-state index contributed by atoms with van der Waals surface area (Å²) in [5, 5.41) is 28.3. The highest BCUT2D eigenvalue weighted by atomic mass is 32.2. The third-order valence-corrected chi connectivity index (χ3v) is 44.0. The van der Waals surface area contributed by atoms with Gasteiger partial charge in [0.1, 0.15) is 12.6 Å². The quantitative estimate of drug-likeness (QED) is 0.0433. The van der Waals surface area contributed by atoms with Crippen LogP contribution in [0.5, 0.6) is 0 Å².